The fraction of sp³-hybridized carbons (Fsp3) is 0.316. The van der Waals surface area contributed by atoms with Crippen molar-refractivity contribution < 1.29 is 4.74 Å². The van der Waals surface area contributed by atoms with Gasteiger partial charge in [-0.05, 0) is 24.1 Å². The molecular weight excluding hydrogens is 300 g/mol. The van der Waals surface area contributed by atoms with Gasteiger partial charge in [-0.1, -0.05) is 38.1 Å². The van der Waals surface area contributed by atoms with Crippen molar-refractivity contribution in [1.82, 2.24) is 9.97 Å². The Bertz CT molecular complexity index is 755. The largest absolute Gasteiger partial charge is 0.482 e. The predicted molar refractivity (Wildman–Crippen MR) is 98.3 cm³/mol. The quantitative estimate of drug-likeness (QED) is 0.745. The Labute approximate surface area is 142 Å². The predicted octanol–water partition coefficient (Wildman–Crippen LogP) is 4.04. The molecule has 0 aliphatic carbocycles. The third kappa shape index (κ3) is 3.79. The Kier molecular flexibility index (Phi) is 5.21. The first kappa shape index (κ1) is 16.2. The zero-order valence-electron chi connectivity index (χ0n) is 14.0. The summed E-state index contributed by atoms with van der Waals surface area (Å²) in [5.41, 5.74) is 3.30. The van der Waals surface area contributed by atoms with Crippen molar-refractivity contribution in [2.45, 2.75) is 26.2 Å². The number of ether oxygens (including phenoxy) is 1. The van der Waals surface area contributed by atoms with Gasteiger partial charge in [-0.15, -0.1) is 0 Å². The maximum absolute atomic E-state index is 5.93. The molecule has 0 atom stereocenters. The van der Waals surface area contributed by atoms with Crippen LogP contribution >= 0.6 is 0 Å². The highest BCUT2D eigenvalue weighted by molar-refractivity contribution is 5.95. The SMILES string of the molecule is C=Cc1ncc(OCC2=Nc3ccccc3C2)c(NCCCC)n1. The van der Waals surface area contributed by atoms with Gasteiger partial charge in [0.05, 0.1) is 17.6 Å². The second kappa shape index (κ2) is 7.73. The number of para-hydroxylation sites is 1. The number of nitrogens with one attached hydrogen (secondary N) is 1. The minimum Gasteiger partial charge on any atom is -0.482 e. The number of fused-ring (bicyclic) bond motifs is 1. The number of benzene rings is 1. The van der Waals surface area contributed by atoms with Crippen LogP contribution in [0, 0.1) is 0 Å². The van der Waals surface area contributed by atoms with Crippen LogP contribution in [0.4, 0.5) is 11.5 Å². The Hall–Kier alpha value is -2.69. The molecule has 124 valence electrons. The van der Waals surface area contributed by atoms with E-state index in [-0.39, 0.29) is 0 Å². The third-order valence-electron chi connectivity index (χ3n) is 3.84. The van der Waals surface area contributed by atoms with Gasteiger partial charge in [-0.2, -0.15) is 0 Å². The molecule has 0 unspecified atom stereocenters. The number of anilines is 1. The summed E-state index contributed by atoms with van der Waals surface area (Å²) in [5, 5.41) is 3.32. The summed E-state index contributed by atoms with van der Waals surface area (Å²) in [6, 6.07) is 8.17. The molecule has 0 fully saturated rings. The van der Waals surface area contributed by atoms with Crippen LogP contribution < -0.4 is 10.1 Å². The van der Waals surface area contributed by atoms with Crippen LogP contribution in [-0.4, -0.2) is 28.8 Å². The molecule has 0 saturated heterocycles. The molecule has 1 N–H and O–H groups in total. The molecule has 0 spiro atoms. The van der Waals surface area contributed by atoms with Gasteiger partial charge in [-0.25, -0.2) is 9.97 Å². The van der Waals surface area contributed by atoms with Crippen LogP contribution in [0.15, 0.2) is 42.0 Å². The summed E-state index contributed by atoms with van der Waals surface area (Å²) in [6.07, 6.45) is 6.36. The van der Waals surface area contributed by atoms with E-state index in [0.29, 0.717) is 24.0 Å². The number of rotatable bonds is 8. The monoisotopic (exact) mass is 322 g/mol. The maximum atomic E-state index is 5.93. The van der Waals surface area contributed by atoms with Gasteiger partial charge in [0.15, 0.2) is 17.4 Å². The number of aromatic nitrogens is 2. The first-order valence-electron chi connectivity index (χ1n) is 8.30. The molecular formula is C19H22N4O. The van der Waals surface area contributed by atoms with Gasteiger partial charge in [0.2, 0.25) is 0 Å². The maximum Gasteiger partial charge on any atom is 0.180 e. The molecule has 24 heavy (non-hydrogen) atoms. The van der Waals surface area contributed by atoms with E-state index in [2.05, 4.69) is 39.8 Å². The molecule has 5 nitrogen and oxygen atoms in total. The van der Waals surface area contributed by atoms with Crippen molar-refractivity contribution in [2.75, 3.05) is 18.5 Å². The lowest BCUT2D eigenvalue weighted by molar-refractivity contribution is 0.373. The lowest BCUT2D eigenvalue weighted by atomic mass is 10.1. The molecule has 0 saturated carbocycles. The highest BCUT2D eigenvalue weighted by atomic mass is 16.5. The normalized spacial score (nSPS) is 12.5. The molecule has 5 heteroatoms. The zero-order valence-corrected chi connectivity index (χ0v) is 14.0. The van der Waals surface area contributed by atoms with Crippen molar-refractivity contribution in [1.29, 1.82) is 0 Å². The summed E-state index contributed by atoms with van der Waals surface area (Å²) in [6.45, 7) is 7.17. The van der Waals surface area contributed by atoms with Crippen molar-refractivity contribution in [3.05, 3.63) is 48.4 Å². The Morgan fingerprint density at radius 1 is 1.33 bits per heavy atom. The van der Waals surface area contributed by atoms with E-state index in [0.717, 1.165) is 37.2 Å². The van der Waals surface area contributed by atoms with Gasteiger partial charge in [-0.3, -0.25) is 4.99 Å². The van der Waals surface area contributed by atoms with E-state index in [1.165, 1.54) is 5.56 Å². The number of nitrogens with zero attached hydrogens (tertiary/aromatic N) is 3. The van der Waals surface area contributed by atoms with Gasteiger partial charge < -0.3 is 10.1 Å². The second-order valence-corrected chi connectivity index (χ2v) is 5.70. The zero-order chi connectivity index (χ0) is 16.8. The summed E-state index contributed by atoms with van der Waals surface area (Å²) >= 11 is 0. The Balaban J connectivity index is 1.67. The molecule has 1 aliphatic heterocycles. The number of hydrogen-bond acceptors (Lipinski definition) is 5. The van der Waals surface area contributed by atoms with Gasteiger partial charge in [0, 0.05) is 13.0 Å². The molecule has 2 aromatic rings. The van der Waals surface area contributed by atoms with Crippen molar-refractivity contribution in [3.63, 3.8) is 0 Å². The summed E-state index contributed by atoms with van der Waals surface area (Å²) < 4.78 is 5.93. The smallest absolute Gasteiger partial charge is 0.180 e. The molecule has 1 aliphatic rings. The molecule has 0 radical (unpaired) electrons. The molecule has 1 aromatic carbocycles. The molecule has 2 heterocycles. The average molecular weight is 322 g/mol. The summed E-state index contributed by atoms with van der Waals surface area (Å²) in [4.78, 5) is 13.3. The van der Waals surface area contributed by atoms with E-state index in [4.69, 9.17) is 4.74 Å². The third-order valence-corrected chi connectivity index (χ3v) is 3.84. The highest BCUT2D eigenvalue weighted by Gasteiger charge is 2.15. The molecule has 0 amide bonds. The van der Waals surface area contributed by atoms with E-state index in [9.17, 15) is 0 Å². The van der Waals surface area contributed by atoms with Crippen LogP contribution in [0.3, 0.4) is 0 Å². The average Bonchev–Trinajstić information content (AvgIpc) is 3.03. The lowest BCUT2D eigenvalue weighted by Crippen LogP contribution is -2.14. The fourth-order valence-electron chi connectivity index (χ4n) is 2.54. The molecule has 0 bridgehead atoms. The van der Waals surface area contributed by atoms with Crippen LogP contribution in [0.5, 0.6) is 5.75 Å². The minimum atomic E-state index is 0.438. The first-order chi connectivity index (χ1) is 11.8. The number of aliphatic imine (C=N–C) groups is 1. The van der Waals surface area contributed by atoms with Gasteiger partial charge in [0.1, 0.15) is 6.61 Å². The first-order valence-corrected chi connectivity index (χ1v) is 8.30. The van der Waals surface area contributed by atoms with E-state index in [1.54, 1.807) is 12.3 Å². The van der Waals surface area contributed by atoms with Crippen LogP contribution in [0.2, 0.25) is 0 Å². The highest BCUT2D eigenvalue weighted by Crippen LogP contribution is 2.27. The van der Waals surface area contributed by atoms with E-state index < -0.39 is 0 Å². The Morgan fingerprint density at radius 2 is 2.21 bits per heavy atom. The number of unbranched alkanes of at least 4 members (excludes halogenated alkanes) is 1. The second-order valence-electron chi connectivity index (χ2n) is 5.70. The van der Waals surface area contributed by atoms with Crippen molar-refractivity contribution in [2.24, 2.45) is 4.99 Å². The topological polar surface area (TPSA) is 59.4 Å². The minimum absolute atomic E-state index is 0.438. The van der Waals surface area contributed by atoms with Crippen LogP contribution in [0.25, 0.3) is 6.08 Å². The molecule has 3 rings (SSSR count). The van der Waals surface area contributed by atoms with Crippen LogP contribution in [0.1, 0.15) is 31.2 Å². The number of hydrogen-bond donors (Lipinski definition) is 1. The molecule has 1 aromatic heterocycles. The van der Waals surface area contributed by atoms with Crippen molar-refractivity contribution in [3.8, 4) is 5.75 Å². The van der Waals surface area contributed by atoms with Gasteiger partial charge >= 0.3 is 0 Å². The van der Waals surface area contributed by atoms with Crippen LogP contribution in [-0.2, 0) is 6.42 Å². The van der Waals surface area contributed by atoms with E-state index in [1.807, 2.05) is 18.2 Å². The summed E-state index contributed by atoms with van der Waals surface area (Å²) in [5.74, 6) is 1.95. The standard InChI is InChI=1S/C19H22N4O/c1-3-5-10-20-19-17(12-21-18(4-2)23-19)24-13-15-11-14-8-6-7-9-16(14)22-15/h4,6-9,12H,2-3,5,10-11,13H2,1H3,(H,20,21,23). The van der Waals surface area contributed by atoms with Gasteiger partial charge in [0.25, 0.3) is 0 Å². The lowest BCUT2D eigenvalue weighted by Gasteiger charge is -2.12. The van der Waals surface area contributed by atoms with E-state index >= 15 is 0 Å². The fourth-order valence-corrected chi connectivity index (χ4v) is 2.54. The van der Waals surface area contributed by atoms with Crippen molar-refractivity contribution >= 4 is 23.3 Å². The summed E-state index contributed by atoms with van der Waals surface area (Å²) in [7, 11) is 0. The Morgan fingerprint density at radius 3 is 3.00 bits per heavy atom.